The molecule has 0 amide bonds. The zero-order valence-corrected chi connectivity index (χ0v) is 7.08. The second kappa shape index (κ2) is 3.07. The number of phenolic OH excluding ortho intramolecular Hbond substituents is 1. The minimum Gasteiger partial charge on any atom is -0.505 e. The molecule has 0 spiro atoms. The summed E-state index contributed by atoms with van der Waals surface area (Å²) in [6.45, 7) is -0.0172. The number of rotatable bonds is 1. The highest BCUT2D eigenvalue weighted by molar-refractivity contribution is 5.56. The number of hydrogen-bond donors (Lipinski definition) is 1. The Balaban J connectivity index is 2.61. The summed E-state index contributed by atoms with van der Waals surface area (Å²) in [4.78, 5) is 0. The fourth-order valence-corrected chi connectivity index (χ4v) is 1.31. The summed E-state index contributed by atoms with van der Waals surface area (Å²) in [6.07, 6.45) is -0.116. The first-order valence-corrected chi connectivity index (χ1v) is 3.91. The first-order valence-electron chi connectivity index (χ1n) is 3.91. The Morgan fingerprint density at radius 1 is 1.57 bits per heavy atom. The van der Waals surface area contributed by atoms with Crippen LogP contribution in [0.15, 0.2) is 6.07 Å². The number of halogens is 1. The van der Waals surface area contributed by atoms with Crippen LogP contribution in [0.3, 0.4) is 0 Å². The molecule has 0 fully saturated rings. The van der Waals surface area contributed by atoms with Crippen molar-refractivity contribution in [1.82, 2.24) is 0 Å². The van der Waals surface area contributed by atoms with Crippen molar-refractivity contribution in [3.05, 3.63) is 17.4 Å². The summed E-state index contributed by atoms with van der Waals surface area (Å²) in [5.41, 5.74) is 0.139. The van der Waals surface area contributed by atoms with Crippen LogP contribution in [0.4, 0.5) is 4.39 Å². The summed E-state index contributed by atoms with van der Waals surface area (Å²) < 4.78 is 23.0. The van der Waals surface area contributed by atoms with E-state index in [4.69, 9.17) is 14.7 Å². The molecule has 4 nitrogen and oxygen atoms in total. The van der Waals surface area contributed by atoms with Gasteiger partial charge in [-0.2, -0.15) is 5.26 Å². The van der Waals surface area contributed by atoms with E-state index in [1.165, 1.54) is 0 Å². The minimum atomic E-state index is -0.806. The maximum Gasteiger partial charge on any atom is 0.231 e. The van der Waals surface area contributed by atoms with Gasteiger partial charge in [-0.25, -0.2) is 4.39 Å². The Morgan fingerprint density at radius 2 is 2.36 bits per heavy atom. The maximum atomic E-state index is 13.1. The van der Waals surface area contributed by atoms with E-state index in [1.54, 1.807) is 0 Å². The van der Waals surface area contributed by atoms with Crippen molar-refractivity contribution in [2.75, 3.05) is 6.79 Å². The van der Waals surface area contributed by atoms with Crippen LogP contribution in [0.2, 0.25) is 0 Å². The second-order valence-corrected chi connectivity index (χ2v) is 2.75. The maximum absolute atomic E-state index is 13.1. The van der Waals surface area contributed by atoms with E-state index in [2.05, 4.69) is 0 Å². The Morgan fingerprint density at radius 3 is 3.07 bits per heavy atom. The van der Waals surface area contributed by atoms with Gasteiger partial charge in [0.1, 0.15) is 0 Å². The van der Waals surface area contributed by atoms with Crippen molar-refractivity contribution in [3.8, 4) is 23.3 Å². The van der Waals surface area contributed by atoms with Gasteiger partial charge < -0.3 is 14.6 Å². The largest absolute Gasteiger partial charge is 0.505 e. The average Bonchev–Trinajstić information content (AvgIpc) is 2.60. The molecule has 0 atom stereocenters. The minimum absolute atomic E-state index is 0.0172. The molecule has 1 N–H and O–H groups in total. The molecule has 14 heavy (non-hydrogen) atoms. The summed E-state index contributed by atoms with van der Waals surface area (Å²) in [6, 6.07) is 2.86. The third-order valence-electron chi connectivity index (χ3n) is 1.94. The van der Waals surface area contributed by atoms with E-state index in [-0.39, 0.29) is 30.3 Å². The highest BCUT2D eigenvalue weighted by Gasteiger charge is 2.23. The van der Waals surface area contributed by atoms with Crippen LogP contribution >= 0.6 is 0 Å². The quantitative estimate of drug-likeness (QED) is 0.734. The van der Waals surface area contributed by atoms with E-state index >= 15 is 0 Å². The predicted octanol–water partition coefficient (Wildman–Crippen LogP) is 1.33. The third-order valence-corrected chi connectivity index (χ3v) is 1.94. The van der Waals surface area contributed by atoms with Gasteiger partial charge in [-0.3, -0.25) is 0 Å². The van der Waals surface area contributed by atoms with E-state index in [0.717, 1.165) is 6.07 Å². The van der Waals surface area contributed by atoms with Gasteiger partial charge in [-0.05, 0) is 0 Å². The lowest BCUT2D eigenvalue weighted by molar-refractivity contribution is 0.173. The van der Waals surface area contributed by atoms with Crippen molar-refractivity contribution in [2.45, 2.75) is 6.42 Å². The van der Waals surface area contributed by atoms with Gasteiger partial charge in [-0.1, -0.05) is 0 Å². The first-order chi connectivity index (χ1) is 6.74. The van der Waals surface area contributed by atoms with Crippen molar-refractivity contribution in [3.63, 3.8) is 0 Å². The normalized spacial score (nSPS) is 12.6. The van der Waals surface area contributed by atoms with E-state index in [9.17, 15) is 9.50 Å². The van der Waals surface area contributed by atoms with Gasteiger partial charge in [0.2, 0.25) is 6.79 Å². The molecule has 0 saturated heterocycles. The lowest BCUT2D eigenvalue weighted by Crippen LogP contribution is -1.94. The van der Waals surface area contributed by atoms with Crippen LogP contribution in [0, 0.1) is 17.1 Å². The van der Waals surface area contributed by atoms with Crippen LogP contribution in [0.25, 0.3) is 0 Å². The number of hydrogen-bond acceptors (Lipinski definition) is 4. The van der Waals surface area contributed by atoms with Gasteiger partial charge >= 0.3 is 0 Å². The molecule has 0 aliphatic carbocycles. The molecular formula is C9H6FNO3. The number of benzene rings is 1. The van der Waals surface area contributed by atoms with Crippen LogP contribution in [0.5, 0.6) is 17.2 Å². The highest BCUT2D eigenvalue weighted by atomic mass is 19.1. The Labute approximate surface area is 79.1 Å². The van der Waals surface area contributed by atoms with Crippen molar-refractivity contribution < 1.29 is 19.0 Å². The topological polar surface area (TPSA) is 62.5 Å². The molecule has 1 aromatic carbocycles. The average molecular weight is 195 g/mol. The zero-order valence-electron chi connectivity index (χ0n) is 7.08. The standard InChI is InChI=1S/C9H6FNO3/c10-6-3-7-9(14-4-13-7)5(1-2-11)8(6)12/h3,12H,1,4H2. The second-order valence-electron chi connectivity index (χ2n) is 2.75. The number of phenols is 1. The zero-order chi connectivity index (χ0) is 10.1. The van der Waals surface area contributed by atoms with E-state index in [1.807, 2.05) is 6.07 Å². The molecule has 0 bridgehead atoms. The molecule has 0 radical (unpaired) electrons. The molecule has 1 aliphatic heterocycles. The summed E-state index contributed by atoms with van der Waals surface area (Å²) in [5, 5.41) is 17.8. The van der Waals surface area contributed by atoms with Gasteiger partial charge in [0.25, 0.3) is 0 Å². The molecule has 2 rings (SSSR count). The highest BCUT2D eigenvalue weighted by Crippen LogP contribution is 2.42. The lowest BCUT2D eigenvalue weighted by Gasteiger charge is -2.05. The third kappa shape index (κ3) is 1.12. The monoisotopic (exact) mass is 195 g/mol. The van der Waals surface area contributed by atoms with Crippen LogP contribution < -0.4 is 9.47 Å². The fourth-order valence-electron chi connectivity index (χ4n) is 1.31. The number of nitrogens with zero attached hydrogens (tertiary/aromatic N) is 1. The summed E-state index contributed by atoms with van der Waals surface area (Å²) in [7, 11) is 0. The van der Waals surface area contributed by atoms with Crippen molar-refractivity contribution >= 4 is 0 Å². The van der Waals surface area contributed by atoms with Gasteiger partial charge in [-0.15, -0.1) is 0 Å². The van der Waals surface area contributed by atoms with Gasteiger partial charge in [0.05, 0.1) is 18.1 Å². The molecule has 0 aromatic heterocycles. The van der Waals surface area contributed by atoms with E-state index < -0.39 is 11.6 Å². The van der Waals surface area contributed by atoms with Crippen LogP contribution in [-0.4, -0.2) is 11.9 Å². The van der Waals surface area contributed by atoms with Gasteiger partial charge in [0.15, 0.2) is 23.1 Å². The molecule has 1 aromatic rings. The van der Waals surface area contributed by atoms with Crippen molar-refractivity contribution in [1.29, 1.82) is 5.26 Å². The van der Waals surface area contributed by atoms with Gasteiger partial charge in [0, 0.05) is 6.07 Å². The Hall–Kier alpha value is -1.96. The SMILES string of the molecule is N#CCc1c(O)c(F)cc2c1OCO2. The Kier molecular flexibility index (Phi) is 1.89. The lowest BCUT2D eigenvalue weighted by atomic mass is 10.1. The number of nitriles is 1. The van der Waals surface area contributed by atoms with Crippen LogP contribution in [0.1, 0.15) is 5.56 Å². The molecule has 1 heterocycles. The smallest absolute Gasteiger partial charge is 0.231 e. The molecule has 1 aliphatic rings. The first kappa shape index (κ1) is 8.63. The summed E-state index contributed by atoms with van der Waals surface area (Å²) in [5.74, 6) is -0.869. The molecule has 5 heteroatoms. The van der Waals surface area contributed by atoms with Crippen LogP contribution in [-0.2, 0) is 6.42 Å². The molecule has 0 unspecified atom stereocenters. The predicted molar refractivity (Wildman–Crippen MR) is 43.5 cm³/mol. The van der Waals surface area contributed by atoms with Crippen molar-refractivity contribution in [2.24, 2.45) is 0 Å². The number of aromatic hydroxyl groups is 1. The number of ether oxygens (including phenoxy) is 2. The molecule has 0 saturated carbocycles. The number of fused-ring (bicyclic) bond motifs is 1. The molecule has 72 valence electrons. The summed E-state index contributed by atoms with van der Waals surface area (Å²) >= 11 is 0. The molecular weight excluding hydrogens is 189 g/mol. The fraction of sp³-hybridized carbons (Fsp3) is 0.222. The van der Waals surface area contributed by atoms with E-state index in [0.29, 0.717) is 0 Å². The Bertz CT molecular complexity index is 425.